The lowest BCUT2D eigenvalue weighted by atomic mass is 10.2. The minimum absolute atomic E-state index is 0.0816. The molecule has 0 spiro atoms. The molecule has 3 rings (SSSR count). The maximum Gasteiger partial charge on any atom is 0.277 e. The number of carbonyl (C=O) groups excluding carboxylic acids is 1. The lowest BCUT2D eigenvalue weighted by Gasteiger charge is -2.10. The minimum Gasteiger partial charge on any atom is -0.497 e. The van der Waals surface area contributed by atoms with E-state index in [1.165, 1.54) is 17.1 Å². The summed E-state index contributed by atoms with van der Waals surface area (Å²) in [6.45, 7) is -0.0816. The van der Waals surface area contributed by atoms with E-state index in [0.29, 0.717) is 10.3 Å². The molecular weight excluding hydrogens is 368 g/mol. The van der Waals surface area contributed by atoms with Crippen molar-refractivity contribution in [1.82, 2.24) is 5.43 Å². The average molecular weight is 389 g/mol. The van der Waals surface area contributed by atoms with E-state index in [9.17, 15) is 4.79 Å². The molecule has 1 saturated heterocycles. The highest BCUT2D eigenvalue weighted by atomic mass is 32.2. The van der Waals surface area contributed by atoms with Crippen molar-refractivity contribution in [2.75, 3.05) is 25.2 Å². The van der Waals surface area contributed by atoms with Crippen LogP contribution in [0, 0.1) is 0 Å². The Bertz CT molecular complexity index is 760. The molecule has 0 aromatic heterocycles. The van der Waals surface area contributed by atoms with E-state index in [4.69, 9.17) is 9.47 Å². The SMILES string of the molecule is COc1cccc(/C=N\NC(=O)COc2ccc(C3SCCS3)cc2)c1. The average Bonchev–Trinajstić information content (AvgIpc) is 3.22. The molecule has 0 bridgehead atoms. The van der Waals surface area contributed by atoms with E-state index in [2.05, 4.69) is 22.7 Å². The Morgan fingerprint density at radius 1 is 1.19 bits per heavy atom. The Morgan fingerprint density at radius 3 is 2.69 bits per heavy atom. The second kappa shape index (κ2) is 9.54. The molecule has 26 heavy (non-hydrogen) atoms. The molecule has 1 amide bonds. The fourth-order valence-corrected chi connectivity index (χ4v) is 5.21. The van der Waals surface area contributed by atoms with Crippen molar-refractivity contribution < 1.29 is 14.3 Å². The Morgan fingerprint density at radius 2 is 1.96 bits per heavy atom. The van der Waals surface area contributed by atoms with Crippen molar-refractivity contribution in [3.8, 4) is 11.5 Å². The third-order valence-electron chi connectivity index (χ3n) is 3.64. The van der Waals surface area contributed by atoms with Crippen LogP contribution < -0.4 is 14.9 Å². The molecule has 136 valence electrons. The highest BCUT2D eigenvalue weighted by Crippen LogP contribution is 2.45. The molecule has 0 radical (unpaired) electrons. The summed E-state index contributed by atoms with van der Waals surface area (Å²) in [6.07, 6.45) is 1.56. The van der Waals surface area contributed by atoms with Gasteiger partial charge in [0.05, 0.1) is 17.9 Å². The highest BCUT2D eigenvalue weighted by molar-refractivity contribution is 8.19. The zero-order chi connectivity index (χ0) is 18.2. The summed E-state index contributed by atoms with van der Waals surface area (Å²) in [5, 5.41) is 3.93. The summed E-state index contributed by atoms with van der Waals surface area (Å²) < 4.78 is 11.2. The molecule has 2 aromatic rings. The van der Waals surface area contributed by atoms with Crippen LogP contribution in [0.3, 0.4) is 0 Å². The Balaban J connectivity index is 1.44. The molecule has 1 aliphatic heterocycles. The number of nitrogens with one attached hydrogen (secondary N) is 1. The van der Waals surface area contributed by atoms with Gasteiger partial charge in [-0.25, -0.2) is 5.43 Å². The summed E-state index contributed by atoms with van der Waals surface area (Å²) >= 11 is 3.93. The first kappa shape index (κ1) is 18.7. The first-order valence-electron chi connectivity index (χ1n) is 8.16. The minimum atomic E-state index is -0.310. The molecule has 0 saturated carbocycles. The van der Waals surface area contributed by atoms with E-state index in [1.807, 2.05) is 59.9 Å². The number of hydrazone groups is 1. The zero-order valence-electron chi connectivity index (χ0n) is 14.4. The molecule has 1 N–H and O–H groups in total. The van der Waals surface area contributed by atoms with Gasteiger partial charge in [-0.05, 0) is 35.4 Å². The van der Waals surface area contributed by atoms with Crippen molar-refractivity contribution in [2.24, 2.45) is 5.10 Å². The third-order valence-corrected chi connectivity index (χ3v) is 6.75. The molecular formula is C19H20N2O3S2. The second-order valence-corrected chi connectivity index (χ2v) is 8.23. The molecule has 0 unspecified atom stereocenters. The number of ether oxygens (including phenoxy) is 2. The van der Waals surface area contributed by atoms with Gasteiger partial charge in [0, 0.05) is 11.5 Å². The van der Waals surface area contributed by atoms with Crippen LogP contribution in [0.25, 0.3) is 0 Å². The molecule has 0 aliphatic carbocycles. The summed E-state index contributed by atoms with van der Waals surface area (Å²) in [5.74, 6) is 3.50. The van der Waals surface area contributed by atoms with Crippen LogP contribution in [0.4, 0.5) is 0 Å². The van der Waals surface area contributed by atoms with Gasteiger partial charge in [0.2, 0.25) is 0 Å². The number of rotatable bonds is 7. The second-order valence-electron chi connectivity index (χ2n) is 5.50. The van der Waals surface area contributed by atoms with Crippen molar-refractivity contribution >= 4 is 35.6 Å². The quantitative estimate of drug-likeness (QED) is 0.579. The fourth-order valence-electron chi connectivity index (χ4n) is 2.35. The third kappa shape index (κ3) is 5.44. The normalized spacial score (nSPS) is 14.5. The number of carbonyl (C=O) groups is 1. The van der Waals surface area contributed by atoms with Gasteiger partial charge in [0.25, 0.3) is 5.91 Å². The molecule has 7 heteroatoms. The van der Waals surface area contributed by atoms with Gasteiger partial charge in [-0.3, -0.25) is 4.79 Å². The first-order valence-corrected chi connectivity index (χ1v) is 10.3. The van der Waals surface area contributed by atoms with Gasteiger partial charge < -0.3 is 9.47 Å². The molecule has 1 heterocycles. The lowest BCUT2D eigenvalue weighted by Crippen LogP contribution is -2.24. The van der Waals surface area contributed by atoms with Gasteiger partial charge in [0.15, 0.2) is 6.61 Å². The van der Waals surface area contributed by atoms with Gasteiger partial charge in [0.1, 0.15) is 11.5 Å². The molecule has 0 atom stereocenters. The van der Waals surface area contributed by atoms with Gasteiger partial charge in [-0.15, -0.1) is 23.5 Å². The standard InChI is InChI=1S/C19H20N2O3S2/c1-23-17-4-2-3-14(11-17)12-20-21-18(22)13-24-16-7-5-15(6-8-16)19-25-9-10-26-19/h2-8,11-12,19H,9-10,13H2,1H3,(H,21,22)/b20-12-. The smallest absolute Gasteiger partial charge is 0.277 e. The zero-order valence-corrected chi connectivity index (χ0v) is 16.0. The monoisotopic (exact) mass is 388 g/mol. The highest BCUT2D eigenvalue weighted by Gasteiger charge is 2.17. The summed E-state index contributed by atoms with van der Waals surface area (Å²) in [5.41, 5.74) is 4.58. The van der Waals surface area contributed by atoms with E-state index in [1.54, 1.807) is 13.3 Å². The maximum atomic E-state index is 11.8. The first-order chi connectivity index (χ1) is 12.7. The molecule has 1 fully saturated rings. The Hall–Kier alpha value is -2.12. The van der Waals surface area contributed by atoms with Crippen LogP contribution in [0.1, 0.15) is 15.7 Å². The number of amides is 1. The largest absolute Gasteiger partial charge is 0.497 e. The Labute approximate surface area is 161 Å². The van der Waals surface area contributed by atoms with Crippen molar-refractivity contribution in [2.45, 2.75) is 4.58 Å². The van der Waals surface area contributed by atoms with E-state index in [0.717, 1.165) is 11.3 Å². The van der Waals surface area contributed by atoms with E-state index in [-0.39, 0.29) is 12.5 Å². The van der Waals surface area contributed by atoms with Gasteiger partial charge in [-0.2, -0.15) is 5.10 Å². The van der Waals surface area contributed by atoms with Crippen molar-refractivity contribution in [3.63, 3.8) is 0 Å². The van der Waals surface area contributed by atoms with Crippen LogP contribution in [-0.2, 0) is 4.79 Å². The number of thioether (sulfide) groups is 2. The predicted octanol–water partition coefficient (Wildman–Crippen LogP) is 3.70. The van der Waals surface area contributed by atoms with Gasteiger partial charge in [-0.1, -0.05) is 24.3 Å². The summed E-state index contributed by atoms with van der Waals surface area (Å²) in [7, 11) is 1.60. The van der Waals surface area contributed by atoms with Crippen LogP contribution in [0.2, 0.25) is 0 Å². The van der Waals surface area contributed by atoms with Crippen LogP contribution in [0.15, 0.2) is 53.6 Å². The molecule has 2 aromatic carbocycles. The van der Waals surface area contributed by atoms with Crippen molar-refractivity contribution in [3.05, 3.63) is 59.7 Å². The number of hydrogen-bond acceptors (Lipinski definition) is 6. The maximum absolute atomic E-state index is 11.8. The Kier molecular flexibility index (Phi) is 6.85. The summed E-state index contributed by atoms with van der Waals surface area (Å²) in [4.78, 5) is 11.8. The van der Waals surface area contributed by atoms with Crippen LogP contribution >= 0.6 is 23.5 Å². The molecule has 1 aliphatic rings. The predicted molar refractivity (Wildman–Crippen MR) is 108 cm³/mol. The number of nitrogens with zero attached hydrogens (tertiary/aromatic N) is 1. The van der Waals surface area contributed by atoms with Crippen molar-refractivity contribution in [1.29, 1.82) is 0 Å². The van der Waals surface area contributed by atoms with Gasteiger partial charge >= 0.3 is 0 Å². The fraction of sp³-hybridized carbons (Fsp3) is 0.263. The van der Waals surface area contributed by atoms with E-state index < -0.39 is 0 Å². The number of methoxy groups -OCH3 is 1. The number of benzene rings is 2. The lowest BCUT2D eigenvalue weighted by molar-refractivity contribution is -0.123. The van der Waals surface area contributed by atoms with Crippen LogP contribution in [0.5, 0.6) is 11.5 Å². The topological polar surface area (TPSA) is 59.9 Å². The molecule has 5 nitrogen and oxygen atoms in total. The summed E-state index contributed by atoms with van der Waals surface area (Å²) in [6, 6.07) is 15.3. The van der Waals surface area contributed by atoms with Crippen LogP contribution in [-0.4, -0.2) is 37.3 Å². The number of hydrogen-bond donors (Lipinski definition) is 1. The van der Waals surface area contributed by atoms with E-state index >= 15 is 0 Å².